The first-order valence-corrected chi connectivity index (χ1v) is 5.45. The molecule has 1 heterocycles. The van der Waals surface area contributed by atoms with E-state index < -0.39 is 11.9 Å². The van der Waals surface area contributed by atoms with Crippen molar-refractivity contribution in [3.63, 3.8) is 0 Å². The monoisotopic (exact) mass is 238 g/mol. The molecule has 1 aromatic heterocycles. The average molecular weight is 238 g/mol. The Morgan fingerprint density at radius 1 is 1.47 bits per heavy atom. The van der Waals surface area contributed by atoms with Crippen molar-refractivity contribution in [2.45, 2.75) is 13.3 Å². The second-order valence-corrected chi connectivity index (χ2v) is 4.26. The van der Waals surface area contributed by atoms with Gasteiger partial charge in [-0.3, -0.25) is 0 Å². The highest BCUT2D eigenvalue weighted by Gasteiger charge is 2.34. The first-order valence-electron chi connectivity index (χ1n) is 5.45. The lowest BCUT2D eigenvalue weighted by atomic mass is 10.3. The van der Waals surface area contributed by atoms with Gasteiger partial charge in [-0.2, -0.15) is 0 Å². The van der Waals surface area contributed by atoms with Crippen LogP contribution in [-0.2, 0) is 9.47 Å². The molecule has 1 aromatic rings. The molecule has 0 unspecified atom stereocenters. The molecule has 1 aliphatic carbocycles. The first-order chi connectivity index (χ1) is 8.11. The minimum Gasteiger partial charge on any atom is -0.465 e. The SMILES string of the molecule is COC(=O)c1coc(C(=O)OC[C@@H]2C[C@@H]2C)c1. The van der Waals surface area contributed by atoms with Crippen molar-refractivity contribution in [2.24, 2.45) is 11.8 Å². The highest BCUT2D eigenvalue weighted by atomic mass is 16.5. The lowest BCUT2D eigenvalue weighted by Crippen LogP contribution is -2.07. The molecule has 5 nitrogen and oxygen atoms in total. The van der Waals surface area contributed by atoms with Gasteiger partial charge in [-0.15, -0.1) is 0 Å². The summed E-state index contributed by atoms with van der Waals surface area (Å²) in [5.41, 5.74) is 0.208. The Morgan fingerprint density at radius 3 is 2.76 bits per heavy atom. The molecule has 0 aliphatic heterocycles. The molecule has 0 aromatic carbocycles. The topological polar surface area (TPSA) is 65.7 Å². The fraction of sp³-hybridized carbons (Fsp3) is 0.500. The quantitative estimate of drug-likeness (QED) is 0.749. The highest BCUT2D eigenvalue weighted by Crippen LogP contribution is 2.37. The largest absolute Gasteiger partial charge is 0.465 e. The van der Waals surface area contributed by atoms with Crippen LogP contribution < -0.4 is 0 Å². The summed E-state index contributed by atoms with van der Waals surface area (Å²) < 4.78 is 14.5. The Labute approximate surface area is 98.7 Å². The summed E-state index contributed by atoms with van der Waals surface area (Å²) in [6, 6.07) is 1.32. The van der Waals surface area contributed by atoms with Crippen molar-refractivity contribution in [3.05, 3.63) is 23.7 Å². The number of carbonyl (C=O) groups excluding carboxylic acids is 2. The maximum absolute atomic E-state index is 11.5. The van der Waals surface area contributed by atoms with Crippen molar-refractivity contribution >= 4 is 11.9 Å². The highest BCUT2D eigenvalue weighted by molar-refractivity contribution is 5.93. The zero-order valence-corrected chi connectivity index (χ0v) is 9.76. The van der Waals surface area contributed by atoms with E-state index in [0.717, 1.165) is 6.42 Å². The van der Waals surface area contributed by atoms with Crippen molar-refractivity contribution in [3.8, 4) is 0 Å². The molecule has 0 amide bonds. The summed E-state index contributed by atoms with van der Waals surface area (Å²) in [7, 11) is 1.27. The van der Waals surface area contributed by atoms with Crippen LogP contribution in [0.4, 0.5) is 0 Å². The Hall–Kier alpha value is -1.78. The summed E-state index contributed by atoms with van der Waals surface area (Å²) in [5.74, 6) is 0.0422. The van der Waals surface area contributed by atoms with Gasteiger partial charge >= 0.3 is 11.9 Å². The summed E-state index contributed by atoms with van der Waals surface area (Å²) >= 11 is 0. The van der Waals surface area contributed by atoms with Crippen LogP contribution in [0.2, 0.25) is 0 Å². The van der Waals surface area contributed by atoms with E-state index >= 15 is 0 Å². The number of hydrogen-bond acceptors (Lipinski definition) is 5. The molecule has 0 radical (unpaired) electrons. The van der Waals surface area contributed by atoms with Gasteiger partial charge in [-0.25, -0.2) is 9.59 Å². The molecule has 0 saturated heterocycles. The molecule has 0 spiro atoms. The standard InChI is InChI=1S/C12H14O5/c1-7-3-8(7)5-17-12(14)10-4-9(6-16-10)11(13)15-2/h4,6-8H,3,5H2,1-2H3/t7-,8-/m0/s1. The first kappa shape index (κ1) is 11.7. The number of rotatable bonds is 4. The second kappa shape index (κ2) is 4.61. The van der Waals surface area contributed by atoms with Gasteiger partial charge in [0, 0.05) is 6.07 Å². The molecule has 1 saturated carbocycles. The van der Waals surface area contributed by atoms with E-state index in [1.807, 2.05) is 0 Å². The smallest absolute Gasteiger partial charge is 0.374 e. The number of ether oxygens (including phenoxy) is 2. The number of furan rings is 1. The van der Waals surface area contributed by atoms with E-state index in [9.17, 15) is 9.59 Å². The molecule has 2 atom stereocenters. The maximum Gasteiger partial charge on any atom is 0.374 e. The van der Waals surface area contributed by atoms with Gasteiger partial charge in [0.2, 0.25) is 5.76 Å². The second-order valence-electron chi connectivity index (χ2n) is 4.26. The van der Waals surface area contributed by atoms with Crippen molar-refractivity contribution in [1.82, 2.24) is 0 Å². The number of carbonyl (C=O) groups is 2. The summed E-state index contributed by atoms with van der Waals surface area (Å²) in [6.45, 7) is 2.52. The van der Waals surface area contributed by atoms with Crippen LogP contribution in [-0.4, -0.2) is 25.7 Å². The number of hydrogen-bond donors (Lipinski definition) is 0. The van der Waals surface area contributed by atoms with Crippen molar-refractivity contribution < 1.29 is 23.5 Å². The van der Waals surface area contributed by atoms with Crippen LogP contribution in [0.15, 0.2) is 16.7 Å². The van der Waals surface area contributed by atoms with Crippen LogP contribution in [0.25, 0.3) is 0 Å². The molecule has 0 N–H and O–H groups in total. The van der Waals surface area contributed by atoms with E-state index in [1.165, 1.54) is 19.4 Å². The van der Waals surface area contributed by atoms with Gasteiger partial charge in [0.05, 0.1) is 19.3 Å². The molecular formula is C12H14O5. The Kier molecular flexibility index (Phi) is 3.17. The van der Waals surface area contributed by atoms with E-state index in [4.69, 9.17) is 9.15 Å². The predicted octanol–water partition coefficient (Wildman–Crippen LogP) is 1.88. The van der Waals surface area contributed by atoms with Gasteiger partial charge in [0.1, 0.15) is 6.26 Å². The minimum absolute atomic E-state index is 0.0266. The normalized spacial score (nSPS) is 22.0. The zero-order chi connectivity index (χ0) is 12.4. The van der Waals surface area contributed by atoms with E-state index in [-0.39, 0.29) is 11.3 Å². The zero-order valence-electron chi connectivity index (χ0n) is 9.76. The Balaban J connectivity index is 1.90. The molecule has 5 heteroatoms. The van der Waals surface area contributed by atoms with Crippen LogP contribution >= 0.6 is 0 Å². The molecule has 92 valence electrons. The molecule has 17 heavy (non-hydrogen) atoms. The Bertz CT molecular complexity index is 434. The average Bonchev–Trinajstić information content (AvgIpc) is 2.83. The lowest BCUT2D eigenvalue weighted by molar-refractivity contribution is 0.0444. The van der Waals surface area contributed by atoms with Gasteiger partial charge in [-0.05, 0) is 18.3 Å². The van der Waals surface area contributed by atoms with Crippen LogP contribution in [0.1, 0.15) is 34.3 Å². The van der Waals surface area contributed by atoms with Crippen LogP contribution in [0.3, 0.4) is 0 Å². The van der Waals surface area contributed by atoms with Gasteiger partial charge in [0.15, 0.2) is 0 Å². The number of esters is 2. The fourth-order valence-corrected chi connectivity index (χ4v) is 1.55. The molecule has 2 rings (SSSR count). The third-order valence-electron chi connectivity index (χ3n) is 2.93. The minimum atomic E-state index is -0.542. The lowest BCUT2D eigenvalue weighted by Gasteiger charge is -2.00. The van der Waals surface area contributed by atoms with Crippen molar-refractivity contribution in [2.75, 3.05) is 13.7 Å². The Morgan fingerprint density at radius 2 is 2.18 bits per heavy atom. The predicted molar refractivity (Wildman–Crippen MR) is 57.6 cm³/mol. The third kappa shape index (κ3) is 2.67. The van der Waals surface area contributed by atoms with Gasteiger partial charge in [0.25, 0.3) is 0 Å². The molecule has 1 aliphatic rings. The molecular weight excluding hydrogens is 224 g/mol. The summed E-state index contributed by atoms with van der Waals surface area (Å²) in [5, 5.41) is 0. The van der Waals surface area contributed by atoms with Crippen LogP contribution in [0, 0.1) is 11.8 Å². The van der Waals surface area contributed by atoms with Crippen molar-refractivity contribution in [1.29, 1.82) is 0 Å². The van der Waals surface area contributed by atoms with E-state index in [0.29, 0.717) is 18.4 Å². The summed E-state index contributed by atoms with van der Waals surface area (Å²) in [6.07, 6.45) is 2.28. The van der Waals surface area contributed by atoms with Gasteiger partial charge < -0.3 is 13.9 Å². The fourth-order valence-electron chi connectivity index (χ4n) is 1.55. The molecule has 1 fully saturated rings. The molecule has 0 bridgehead atoms. The number of methoxy groups -OCH3 is 1. The summed E-state index contributed by atoms with van der Waals surface area (Å²) in [4.78, 5) is 22.7. The van der Waals surface area contributed by atoms with E-state index in [1.54, 1.807) is 0 Å². The van der Waals surface area contributed by atoms with Crippen LogP contribution in [0.5, 0.6) is 0 Å². The van der Waals surface area contributed by atoms with E-state index in [2.05, 4.69) is 11.7 Å². The maximum atomic E-state index is 11.5. The van der Waals surface area contributed by atoms with Gasteiger partial charge in [-0.1, -0.05) is 6.92 Å². The third-order valence-corrected chi connectivity index (χ3v) is 2.93.